The summed E-state index contributed by atoms with van der Waals surface area (Å²) in [6, 6.07) is 12.6. The van der Waals surface area contributed by atoms with E-state index >= 15 is 0 Å². The molecule has 0 aliphatic carbocycles. The number of halogens is 1. The van der Waals surface area contributed by atoms with Crippen LogP contribution in [0.3, 0.4) is 0 Å². The summed E-state index contributed by atoms with van der Waals surface area (Å²) in [5, 5.41) is 6.88. The molecule has 1 unspecified atom stereocenters. The zero-order valence-electron chi connectivity index (χ0n) is 19.5. The molecule has 2 N–H and O–H groups in total. The number of pyridine rings is 1. The van der Waals surface area contributed by atoms with Crippen LogP contribution in [0.1, 0.15) is 43.9 Å². The molecule has 8 heteroatoms. The van der Waals surface area contributed by atoms with Crippen molar-refractivity contribution in [2.24, 2.45) is 4.99 Å². The van der Waals surface area contributed by atoms with Crippen molar-refractivity contribution in [3.8, 4) is 11.6 Å². The van der Waals surface area contributed by atoms with Gasteiger partial charge in [0, 0.05) is 32.4 Å². The summed E-state index contributed by atoms with van der Waals surface area (Å²) < 4.78 is 10.9. The summed E-state index contributed by atoms with van der Waals surface area (Å²) in [5.74, 6) is 2.31. The van der Waals surface area contributed by atoms with E-state index in [-0.39, 0.29) is 30.1 Å². The van der Waals surface area contributed by atoms with Gasteiger partial charge in [-0.2, -0.15) is 0 Å². The zero-order valence-corrected chi connectivity index (χ0v) is 21.8. The van der Waals surface area contributed by atoms with Crippen LogP contribution in [0.2, 0.25) is 0 Å². The van der Waals surface area contributed by atoms with Crippen LogP contribution >= 0.6 is 24.0 Å². The fourth-order valence-electron chi connectivity index (χ4n) is 3.76. The zero-order chi connectivity index (χ0) is 22.1. The molecule has 0 radical (unpaired) electrons. The van der Waals surface area contributed by atoms with Gasteiger partial charge in [0.1, 0.15) is 5.75 Å². The molecule has 1 aliphatic rings. The third-order valence-electron chi connectivity index (χ3n) is 5.38. The number of guanidine groups is 1. The Morgan fingerprint density at radius 2 is 1.81 bits per heavy atom. The molecule has 1 aliphatic heterocycles. The molecule has 1 fully saturated rings. The van der Waals surface area contributed by atoms with Crippen LogP contribution in [0.4, 0.5) is 0 Å². The van der Waals surface area contributed by atoms with Crippen molar-refractivity contribution in [2.45, 2.75) is 45.4 Å². The highest BCUT2D eigenvalue weighted by atomic mass is 127. The lowest BCUT2D eigenvalue weighted by Crippen LogP contribution is -2.42. The number of hydrogen-bond donors (Lipinski definition) is 2. The molecule has 2 aromatic rings. The Bertz CT molecular complexity index is 821. The molecule has 0 spiro atoms. The minimum atomic E-state index is 0. The van der Waals surface area contributed by atoms with Crippen molar-refractivity contribution < 1.29 is 9.47 Å². The number of nitrogens with one attached hydrogen (secondary N) is 2. The Balaban J connectivity index is 0.00000363. The predicted octanol–water partition coefficient (Wildman–Crippen LogP) is 4.00. The van der Waals surface area contributed by atoms with Gasteiger partial charge in [-0.1, -0.05) is 18.2 Å². The maximum atomic E-state index is 5.61. The lowest BCUT2D eigenvalue weighted by molar-refractivity contribution is 0.232. The molecule has 0 saturated carbocycles. The van der Waals surface area contributed by atoms with Gasteiger partial charge < -0.3 is 20.1 Å². The van der Waals surface area contributed by atoms with E-state index in [9.17, 15) is 0 Å². The van der Waals surface area contributed by atoms with Crippen LogP contribution in [-0.2, 0) is 6.54 Å². The first-order chi connectivity index (χ1) is 15.1. The molecule has 7 nitrogen and oxygen atoms in total. The highest BCUT2D eigenvalue weighted by Crippen LogP contribution is 2.26. The average molecular weight is 553 g/mol. The van der Waals surface area contributed by atoms with Crippen molar-refractivity contribution in [2.75, 3.05) is 33.8 Å². The second-order valence-corrected chi connectivity index (χ2v) is 8.01. The fraction of sp³-hybridized carbons (Fsp3) is 0.500. The van der Waals surface area contributed by atoms with Crippen molar-refractivity contribution in [1.82, 2.24) is 20.5 Å². The standard InChI is InChI=1S/C24H35N5O2.HI/c1-18(2)31-23-12-7-19(15-26-23)16-27-24(25-3)28-17-22(29-13-5-6-14-29)20-8-10-21(30-4)11-9-20;/h7-12,15,18,22H,5-6,13-14,16-17H2,1-4H3,(H2,25,27,28);1H. The van der Waals surface area contributed by atoms with Crippen LogP contribution in [0.5, 0.6) is 11.6 Å². The molecule has 176 valence electrons. The van der Waals surface area contributed by atoms with Gasteiger partial charge in [0.25, 0.3) is 0 Å². The van der Waals surface area contributed by atoms with Gasteiger partial charge in [0.2, 0.25) is 5.88 Å². The van der Waals surface area contributed by atoms with Crippen molar-refractivity contribution in [3.05, 3.63) is 53.7 Å². The highest BCUT2D eigenvalue weighted by Gasteiger charge is 2.23. The molecular formula is C24H36IN5O2. The van der Waals surface area contributed by atoms with Gasteiger partial charge in [-0.05, 0) is 63.0 Å². The number of hydrogen-bond acceptors (Lipinski definition) is 5. The molecule has 1 saturated heterocycles. The van der Waals surface area contributed by atoms with E-state index in [1.54, 1.807) is 14.2 Å². The molecule has 1 aromatic heterocycles. The largest absolute Gasteiger partial charge is 0.497 e. The Labute approximate surface area is 209 Å². The summed E-state index contributed by atoms with van der Waals surface area (Å²) in [6.07, 6.45) is 4.46. The fourth-order valence-corrected chi connectivity index (χ4v) is 3.76. The normalized spacial score (nSPS) is 15.2. The van der Waals surface area contributed by atoms with Gasteiger partial charge in [0.05, 0.1) is 19.3 Å². The minimum absolute atomic E-state index is 0. The Hall–Kier alpha value is -2.07. The highest BCUT2D eigenvalue weighted by molar-refractivity contribution is 14.0. The first-order valence-electron chi connectivity index (χ1n) is 11.0. The van der Waals surface area contributed by atoms with Gasteiger partial charge in [0.15, 0.2) is 5.96 Å². The van der Waals surface area contributed by atoms with E-state index in [0.29, 0.717) is 18.5 Å². The molecule has 0 amide bonds. The number of nitrogens with zero attached hydrogens (tertiary/aromatic N) is 3. The monoisotopic (exact) mass is 553 g/mol. The van der Waals surface area contributed by atoms with Crippen molar-refractivity contribution in [3.63, 3.8) is 0 Å². The summed E-state index contributed by atoms with van der Waals surface area (Å²) in [6.45, 7) is 7.67. The number of ether oxygens (including phenoxy) is 2. The molecule has 1 aromatic carbocycles. The minimum Gasteiger partial charge on any atom is -0.497 e. The summed E-state index contributed by atoms with van der Waals surface area (Å²) >= 11 is 0. The van der Waals surface area contributed by atoms with Crippen LogP contribution in [0, 0.1) is 0 Å². The number of aliphatic imine (C=N–C) groups is 1. The quantitative estimate of drug-likeness (QED) is 0.278. The third-order valence-corrected chi connectivity index (χ3v) is 5.38. The lowest BCUT2D eigenvalue weighted by atomic mass is 10.1. The first-order valence-corrected chi connectivity index (χ1v) is 11.0. The molecule has 32 heavy (non-hydrogen) atoms. The molecule has 0 bridgehead atoms. The number of methoxy groups -OCH3 is 1. The number of likely N-dealkylation sites (tertiary alicyclic amines) is 1. The molecule has 2 heterocycles. The Kier molecular flexibility index (Phi) is 11.0. The lowest BCUT2D eigenvalue weighted by Gasteiger charge is -2.29. The Morgan fingerprint density at radius 3 is 2.38 bits per heavy atom. The van der Waals surface area contributed by atoms with Crippen LogP contribution in [0.15, 0.2) is 47.6 Å². The van der Waals surface area contributed by atoms with Crippen molar-refractivity contribution in [1.29, 1.82) is 0 Å². The smallest absolute Gasteiger partial charge is 0.213 e. The van der Waals surface area contributed by atoms with Gasteiger partial charge >= 0.3 is 0 Å². The SMILES string of the molecule is CN=C(NCc1ccc(OC(C)C)nc1)NCC(c1ccc(OC)cc1)N1CCCC1.I. The number of rotatable bonds is 9. The summed E-state index contributed by atoms with van der Waals surface area (Å²) in [7, 11) is 3.50. The van der Waals surface area contributed by atoms with E-state index in [0.717, 1.165) is 36.9 Å². The van der Waals surface area contributed by atoms with Crippen molar-refractivity contribution >= 4 is 29.9 Å². The maximum absolute atomic E-state index is 5.61. The van der Waals surface area contributed by atoms with E-state index in [1.165, 1.54) is 18.4 Å². The maximum Gasteiger partial charge on any atom is 0.213 e. The number of aromatic nitrogens is 1. The van der Waals surface area contributed by atoms with Crippen LogP contribution < -0.4 is 20.1 Å². The first kappa shape index (κ1) is 26.2. The molecule has 3 rings (SSSR count). The predicted molar refractivity (Wildman–Crippen MR) is 140 cm³/mol. The number of benzene rings is 1. The summed E-state index contributed by atoms with van der Waals surface area (Å²) in [4.78, 5) is 11.3. The van der Waals surface area contributed by atoms with E-state index in [2.05, 4.69) is 37.6 Å². The molecular weight excluding hydrogens is 517 g/mol. The Morgan fingerprint density at radius 1 is 1.09 bits per heavy atom. The second kappa shape index (κ2) is 13.5. The third kappa shape index (κ3) is 7.81. The van der Waals surface area contributed by atoms with E-state index in [4.69, 9.17) is 9.47 Å². The van der Waals surface area contributed by atoms with Crippen LogP contribution in [-0.4, -0.2) is 55.7 Å². The van der Waals surface area contributed by atoms with Gasteiger partial charge in [-0.25, -0.2) is 4.98 Å². The van der Waals surface area contributed by atoms with Crippen LogP contribution in [0.25, 0.3) is 0 Å². The van der Waals surface area contributed by atoms with E-state index < -0.39 is 0 Å². The molecule has 1 atom stereocenters. The van der Waals surface area contributed by atoms with Gasteiger partial charge in [-0.3, -0.25) is 9.89 Å². The van der Waals surface area contributed by atoms with E-state index in [1.807, 2.05) is 44.3 Å². The summed E-state index contributed by atoms with van der Waals surface area (Å²) in [5.41, 5.74) is 2.36. The average Bonchev–Trinajstić information content (AvgIpc) is 3.31. The second-order valence-electron chi connectivity index (χ2n) is 8.01. The van der Waals surface area contributed by atoms with Gasteiger partial charge in [-0.15, -0.1) is 24.0 Å². The topological polar surface area (TPSA) is 71.0 Å².